The third-order valence-corrected chi connectivity index (χ3v) is 2.48. The molecule has 1 rings (SSSR count). The lowest BCUT2D eigenvalue weighted by molar-refractivity contribution is -0.116. The molecule has 1 aromatic rings. The number of anilines is 1. The maximum absolute atomic E-state index is 11.1. The molecule has 1 amide bonds. The van der Waals surface area contributed by atoms with Gasteiger partial charge in [0.05, 0.1) is 21.1 Å². The lowest BCUT2D eigenvalue weighted by atomic mass is 10.2. The Balaban J connectivity index is 2.95. The zero-order valence-electron chi connectivity index (χ0n) is 10.1. The highest BCUT2D eigenvalue weighted by Gasteiger charge is 2.12. The van der Waals surface area contributed by atoms with E-state index in [1.54, 1.807) is 18.9 Å². The van der Waals surface area contributed by atoms with Gasteiger partial charge < -0.3 is 4.90 Å². The van der Waals surface area contributed by atoms with E-state index in [0.717, 1.165) is 10.2 Å². The molecule has 0 saturated carbocycles. The minimum Gasteiger partial charge on any atom is -0.316 e. The summed E-state index contributed by atoms with van der Waals surface area (Å²) in [7, 11) is 8.13. The Labute approximate surface area is 91.5 Å². The van der Waals surface area contributed by atoms with Gasteiger partial charge in [-0.15, -0.1) is 0 Å². The summed E-state index contributed by atoms with van der Waals surface area (Å²) in [5.41, 5.74) is 2.15. The summed E-state index contributed by atoms with van der Waals surface area (Å²) >= 11 is 0. The molecule has 82 valence electrons. The first-order valence-corrected chi connectivity index (χ1v) is 4.99. The maximum Gasteiger partial charge on any atom is 0.223 e. The SMILES string of the molecule is CC(=O)N(C)c1ccc([N+](C)(C)C)cc1. The van der Waals surface area contributed by atoms with E-state index in [-0.39, 0.29) is 5.91 Å². The number of rotatable bonds is 2. The molecule has 0 aliphatic heterocycles. The predicted molar refractivity (Wildman–Crippen MR) is 65.1 cm³/mol. The van der Waals surface area contributed by atoms with Crippen molar-refractivity contribution in [3.05, 3.63) is 24.3 Å². The summed E-state index contributed by atoms with van der Waals surface area (Å²) in [5, 5.41) is 0. The average Bonchev–Trinajstić information content (AvgIpc) is 2.15. The fourth-order valence-corrected chi connectivity index (χ4v) is 1.31. The molecule has 0 spiro atoms. The number of carbonyl (C=O) groups excluding carboxylic acids is 1. The Morgan fingerprint density at radius 1 is 1.13 bits per heavy atom. The van der Waals surface area contributed by atoms with Crippen LogP contribution in [0.25, 0.3) is 0 Å². The Morgan fingerprint density at radius 3 is 1.93 bits per heavy atom. The lowest BCUT2D eigenvalue weighted by Gasteiger charge is -2.24. The van der Waals surface area contributed by atoms with Gasteiger partial charge in [0, 0.05) is 31.8 Å². The molecule has 0 unspecified atom stereocenters. The normalized spacial score (nSPS) is 11.3. The van der Waals surface area contributed by atoms with E-state index in [9.17, 15) is 4.79 Å². The Hall–Kier alpha value is -1.35. The second kappa shape index (κ2) is 4.03. The number of amides is 1. The van der Waals surface area contributed by atoms with E-state index in [1.807, 2.05) is 12.1 Å². The van der Waals surface area contributed by atoms with Crippen LogP contribution in [0, 0.1) is 0 Å². The summed E-state index contributed by atoms with van der Waals surface area (Å²) in [6.45, 7) is 1.56. The molecule has 3 heteroatoms. The molecule has 0 saturated heterocycles. The van der Waals surface area contributed by atoms with Crippen molar-refractivity contribution in [2.75, 3.05) is 33.1 Å². The minimum atomic E-state index is 0.0491. The molecule has 3 nitrogen and oxygen atoms in total. The standard InChI is InChI=1S/C12H19N2O/c1-10(15)13(2)11-6-8-12(9-7-11)14(3,4)5/h6-9H,1-5H3/q+1. The summed E-state index contributed by atoms with van der Waals surface area (Å²) in [6.07, 6.45) is 0. The predicted octanol–water partition coefficient (Wildman–Crippen LogP) is 1.87. The summed E-state index contributed by atoms with van der Waals surface area (Å²) in [6, 6.07) is 8.05. The first-order valence-electron chi connectivity index (χ1n) is 4.99. The van der Waals surface area contributed by atoms with Crippen LogP contribution in [0.4, 0.5) is 11.4 Å². The lowest BCUT2D eigenvalue weighted by Crippen LogP contribution is -2.34. The van der Waals surface area contributed by atoms with Crippen LogP contribution in [0.1, 0.15) is 6.92 Å². The van der Waals surface area contributed by atoms with Gasteiger partial charge in [-0.2, -0.15) is 0 Å². The van der Waals surface area contributed by atoms with Gasteiger partial charge in [-0.1, -0.05) is 0 Å². The minimum absolute atomic E-state index is 0.0491. The molecule has 0 aromatic heterocycles. The van der Waals surface area contributed by atoms with Crippen molar-refractivity contribution < 1.29 is 4.79 Å². The molecular weight excluding hydrogens is 188 g/mol. The fraction of sp³-hybridized carbons (Fsp3) is 0.417. The number of benzene rings is 1. The van der Waals surface area contributed by atoms with E-state index < -0.39 is 0 Å². The number of hydrogen-bond acceptors (Lipinski definition) is 1. The Bertz CT molecular complexity index is 349. The number of carbonyl (C=O) groups is 1. The Morgan fingerprint density at radius 2 is 1.60 bits per heavy atom. The molecule has 1 aromatic carbocycles. The topological polar surface area (TPSA) is 20.3 Å². The van der Waals surface area contributed by atoms with Crippen molar-refractivity contribution in [2.45, 2.75) is 6.92 Å². The smallest absolute Gasteiger partial charge is 0.223 e. The number of quaternary nitrogens is 1. The largest absolute Gasteiger partial charge is 0.316 e. The van der Waals surface area contributed by atoms with Crippen LogP contribution in [0.5, 0.6) is 0 Å². The second-order valence-electron chi connectivity index (χ2n) is 4.61. The van der Waals surface area contributed by atoms with E-state index in [4.69, 9.17) is 0 Å². The molecule has 0 aliphatic rings. The van der Waals surface area contributed by atoms with Gasteiger partial charge in [-0.05, 0) is 12.1 Å². The van der Waals surface area contributed by atoms with Crippen LogP contribution in [-0.2, 0) is 4.79 Å². The van der Waals surface area contributed by atoms with Crippen LogP contribution in [0.2, 0.25) is 0 Å². The van der Waals surface area contributed by atoms with Crippen molar-refractivity contribution in [3.63, 3.8) is 0 Å². The third-order valence-electron chi connectivity index (χ3n) is 2.48. The molecule has 0 bridgehead atoms. The van der Waals surface area contributed by atoms with E-state index in [2.05, 4.69) is 33.3 Å². The zero-order valence-corrected chi connectivity index (χ0v) is 10.1. The van der Waals surface area contributed by atoms with E-state index in [0.29, 0.717) is 0 Å². The zero-order chi connectivity index (χ0) is 11.6. The first kappa shape index (κ1) is 11.7. The molecule has 0 fully saturated rings. The van der Waals surface area contributed by atoms with Crippen LogP contribution in [-0.4, -0.2) is 34.1 Å². The van der Waals surface area contributed by atoms with Crippen LogP contribution in [0.15, 0.2) is 24.3 Å². The van der Waals surface area contributed by atoms with Crippen molar-refractivity contribution >= 4 is 17.3 Å². The van der Waals surface area contributed by atoms with Gasteiger partial charge >= 0.3 is 0 Å². The molecule has 0 N–H and O–H groups in total. The molecule has 15 heavy (non-hydrogen) atoms. The van der Waals surface area contributed by atoms with Crippen LogP contribution < -0.4 is 9.38 Å². The highest BCUT2D eigenvalue weighted by molar-refractivity contribution is 5.90. The van der Waals surface area contributed by atoms with Crippen molar-refractivity contribution in [1.82, 2.24) is 4.48 Å². The average molecular weight is 207 g/mol. The first-order chi connectivity index (χ1) is 6.82. The highest BCUT2D eigenvalue weighted by Crippen LogP contribution is 2.21. The molecular formula is C12H19N2O+. The summed E-state index contributed by atoms with van der Waals surface area (Å²) in [5.74, 6) is 0.0491. The maximum atomic E-state index is 11.1. The fourth-order valence-electron chi connectivity index (χ4n) is 1.31. The third kappa shape index (κ3) is 2.80. The van der Waals surface area contributed by atoms with Crippen molar-refractivity contribution in [2.24, 2.45) is 0 Å². The summed E-state index contributed by atoms with van der Waals surface area (Å²) < 4.78 is 0.782. The second-order valence-corrected chi connectivity index (χ2v) is 4.61. The molecule has 0 atom stereocenters. The number of hydrogen-bond donors (Lipinski definition) is 0. The Kier molecular flexibility index (Phi) is 3.15. The molecule has 0 heterocycles. The van der Waals surface area contributed by atoms with Gasteiger partial charge in [0.15, 0.2) is 0 Å². The van der Waals surface area contributed by atoms with Gasteiger partial charge in [0.25, 0.3) is 0 Å². The van der Waals surface area contributed by atoms with Crippen molar-refractivity contribution in [3.8, 4) is 0 Å². The van der Waals surface area contributed by atoms with Crippen molar-refractivity contribution in [1.29, 1.82) is 0 Å². The van der Waals surface area contributed by atoms with Gasteiger partial charge in [-0.3, -0.25) is 9.28 Å². The van der Waals surface area contributed by atoms with Crippen LogP contribution >= 0.6 is 0 Å². The monoisotopic (exact) mass is 207 g/mol. The quantitative estimate of drug-likeness (QED) is 0.678. The van der Waals surface area contributed by atoms with E-state index in [1.165, 1.54) is 5.69 Å². The molecule has 0 aliphatic carbocycles. The van der Waals surface area contributed by atoms with Gasteiger partial charge in [0.1, 0.15) is 5.69 Å². The number of nitrogens with zero attached hydrogens (tertiary/aromatic N) is 2. The highest BCUT2D eigenvalue weighted by atomic mass is 16.2. The molecule has 0 radical (unpaired) electrons. The van der Waals surface area contributed by atoms with E-state index >= 15 is 0 Å². The van der Waals surface area contributed by atoms with Gasteiger partial charge in [-0.25, -0.2) is 0 Å². The van der Waals surface area contributed by atoms with Gasteiger partial charge in [0.2, 0.25) is 5.91 Å². The summed E-state index contributed by atoms with van der Waals surface area (Å²) in [4.78, 5) is 12.8. The van der Waals surface area contributed by atoms with Crippen LogP contribution in [0.3, 0.4) is 0 Å².